The van der Waals surface area contributed by atoms with Gasteiger partial charge in [-0.15, -0.1) is 34.5 Å². The summed E-state index contributed by atoms with van der Waals surface area (Å²) in [6.45, 7) is 3.75. The minimum absolute atomic E-state index is 0.0111. The quantitative estimate of drug-likeness (QED) is 0.498. The van der Waals surface area contributed by atoms with E-state index in [0.29, 0.717) is 6.42 Å². The van der Waals surface area contributed by atoms with Gasteiger partial charge in [0.1, 0.15) is 15.9 Å². The molecule has 1 rings (SSSR count). The highest BCUT2D eigenvalue weighted by Crippen LogP contribution is 2.37. The van der Waals surface area contributed by atoms with E-state index in [4.69, 9.17) is 58.0 Å². The molecular weight excluding hydrogens is 476 g/mol. The lowest BCUT2D eigenvalue weighted by Crippen LogP contribution is -2.49. The van der Waals surface area contributed by atoms with E-state index in [-0.39, 0.29) is 30.7 Å². The van der Waals surface area contributed by atoms with Crippen LogP contribution in [0.25, 0.3) is 0 Å². The number of aromatic nitrogens is 1. The Labute approximate surface area is 188 Å². The summed E-state index contributed by atoms with van der Waals surface area (Å²) in [5.74, 6) is -1.34. The molecule has 0 fully saturated rings. The van der Waals surface area contributed by atoms with Gasteiger partial charge in [-0.2, -0.15) is 0 Å². The number of halogens is 5. The fraction of sp³-hybridized carbons (Fsp3) is 0.688. The molecule has 0 spiro atoms. The molecule has 1 aromatic heterocycles. The number of alkyl halides is 5. The third-order valence-corrected chi connectivity index (χ3v) is 6.88. The summed E-state index contributed by atoms with van der Waals surface area (Å²) in [5.41, 5.74) is 0. The molecule has 0 aliphatic rings. The minimum atomic E-state index is -1.57. The molecule has 0 radical (unpaired) electrons. The lowest BCUT2D eigenvalue weighted by molar-refractivity contribution is -0.140. The average Bonchev–Trinajstić information content (AvgIpc) is 3.09. The fourth-order valence-corrected chi connectivity index (χ4v) is 3.21. The van der Waals surface area contributed by atoms with Crippen LogP contribution in [-0.2, 0) is 16.1 Å². The zero-order valence-corrected chi connectivity index (χ0v) is 19.7. The molecule has 1 N–H and O–H groups in total. The van der Waals surface area contributed by atoms with Crippen molar-refractivity contribution in [2.45, 2.75) is 47.9 Å². The summed E-state index contributed by atoms with van der Waals surface area (Å²) in [7, 11) is 1.55. The largest absolute Gasteiger partial charge is 0.348 e. The zero-order valence-electron chi connectivity index (χ0n) is 15.1. The predicted octanol–water partition coefficient (Wildman–Crippen LogP) is 4.81. The number of amides is 2. The number of hydrogen-bond acceptors (Lipinski definition) is 4. The van der Waals surface area contributed by atoms with Crippen LogP contribution in [0.5, 0.6) is 0 Å². The number of nitrogens with zero attached hydrogens (tertiary/aromatic N) is 2. The van der Waals surface area contributed by atoms with Crippen LogP contribution in [0, 0.1) is 11.8 Å². The summed E-state index contributed by atoms with van der Waals surface area (Å²) in [6.07, 6.45) is 1.94. The van der Waals surface area contributed by atoms with Crippen molar-refractivity contribution in [3.05, 3.63) is 16.6 Å². The topological polar surface area (TPSA) is 62.3 Å². The molecule has 5 nitrogen and oxygen atoms in total. The number of likely N-dealkylation sites (N-methyl/N-ethyl adjacent to an activating group) is 1. The van der Waals surface area contributed by atoms with E-state index in [0.717, 1.165) is 5.01 Å². The molecule has 3 unspecified atom stereocenters. The van der Waals surface area contributed by atoms with Crippen molar-refractivity contribution in [1.82, 2.24) is 15.2 Å². The van der Waals surface area contributed by atoms with Gasteiger partial charge in [0.25, 0.3) is 0 Å². The molecule has 0 aliphatic heterocycles. The first-order valence-electron chi connectivity index (χ1n) is 8.20. The normalized spacial score (nSPS) is 15.3. The SMILES string of the molecule is CC(CC(C(=O)NCc1nccs1)N(C)C(=O)CC(C)C(Cl)(Cl)Cl)C(Cl)Cl. The van der Waals surface area contributed by atoms with Gasteiger partial charge in [-0.05, 0) is 12.3 Å². The third kappa shape index (κ3) is 8.50. The highest BCUT2D eigenvalue weighted by Gasteiger charge is 2.35. The highest BCUT2D eigenvalue weighted by molar-refractivity contribution is 7.09. The Balaban J connectivity index is 2.84. The van der Waals surface area contributed by atoms with Crippen molar-refractivity contribution < 1.29 is 9.59 Å². The maximum atomic E-state index is 12.7. The average molecular weight is 498 g/mol. The molecule has 0 aliphatic carbocycles. The van der Waals surface area contributed by atoms with Crippen molar-refractivity contribution in [2.75, 3.05) is 7.05 Å². The Morgan fingerprint density at radius 3 is 2.41 bits per heavy atom. The second-order valence-electron chi connectivity index (χ2n) is 6.36. The standard InChI is InChI=1S/C16H22Cl5N3O2S/c1-9(14(17)18)6-11(15(26)23-8-12-22-4-5-27-12)24(3)13(25)7-10(2)16(19,20)21/h4-5,9-11,14H,6-8H2,1-3H3,(H,23,26). The van der Waals surface area contributed by atoms with Gasteiger partial charge in [-0.25, -0.2) is 4.98 Å². The summed E-state index contributed by atoms with van der Waals surface area (Å²) in [6, 6.07) is -0.755. The summed E-state index contributed by atoms with van der Waals surface area (Å²) in [5, 5.41) is 5.38. The number of thiazole rings is 1. The Bertz CT molecular complexity index is 610. The second-order valence-corrected chi connectivity index (χ2v) is 10.9. The Morgan fingerprint density at radius 1 is 1.30 bits per heavy atom. The number of carbonyl (C=O) groups excluding carboxylic acids is 2. The molecule has 1 heterocycles. The van der Waals surface area contributed by atoms with Crippen molar-refractivity contribution in [1.29, 1.82) is 0 Å². The Morgan fingerprint density at radius 2 is 1.93 bits per heavy atom. The van der Waals surface area contributed by atoms with Gasteiger partial charge in [0.05, 0.1) is 6.54 Å². The van der Waals surface area contributed by atoms with E-state index in [9.17, 15) is 9.59 Å². The van der Waals surface area contributed by atoms with E-state index in [1.54, 1.807) is 20.2 Å². The predicted molar refractivity (Wildman–Crippen MR) is 114 cm³/mol. The van der Waals surface area contributed by atoms with Crippen molar-refractivity contribution in [2.24, 2.45) is 11.8 Å². The zero-order chi connectivity index (χ0) is 20.8. The molecule has 0 bridgehead atoms. The molecule has 154 valence electrons. The van der Waals surface area contributed by atoms with Gasteiger partial charge in [0.2, 0.25) is 11.8 Å². The van der Waals surface area contributed by atoms with E-state index in [1.807, 2.05) is 12.3 Å². The van der Waals surface area contributed by atoms with Crippen LogP contribution < -0.4 is 5.32 Å². The smallest absolute Gasteiger partial charge is 0.243 e. The molecule has 0 saturated heterocycles. The first-order chi connectivity index (χ1) is 12.4. The first kappa shape index (κ1) is 25.1. The summed E-state index contributed by atoms with van der Waals surface area (Å²) >= 11 is 30.8. The van der Waals surface area contributed by atoms with E-state index >= 15 is 0 Å². The van der Waals surface area contributed by atoms with Gasteiger partial charge < -0.3 is 10.2 Å². The molecule has 1 aromatic rings. The summed E-state index contributed by atoms with van der Waals surface area (Å²) < 4.78 is -1.57. The van der Waals surface area contributed by atoms with Gasteiger partial charge in [-0.1, -0.05) is 48.7 Å². The number of hydrogen-bond donors (Lipinski definition) is 1. The van der Waals surface area contributed by atoms with Crippen LogP contribution in [0.3, 0.4) is 0 Å². The van der Waals surface area contributed by atoms with Crippen LogP contribution in [0.4, 0.5) is 0 Å². The molecule has 27 heavy (non-hydrogen) atoms. The van der Waals surface area contributed by atoms with Gasteiger partial charge in [0, 0.05) is 31.0 Å². The minimum Gasteiger partial charge on any atom is -0.348 e. The van der Waals surface area contributed by atoms with Crippen LogP contribution >= 0.6 is 69.3 Å². The molecule has 2 amide bonds. The highest BCUT2D eigenvalue weighted by atomic mass is 35.6. The second kappa shape index (κ2) is 11.3. The maximum absolute atomic E-state index is 12.7. The molecular formula is C16H22Cl5N3O2S. The molecule has 0 saturated carbocycles. The van der Waals surface area contributed by atoms with Crippen LogP contribution in [0.15, 0.2) is 11.6 Å². The van der Waals surface area contributed by atoms with Crippen LogP contribution in [0.1, 0.15) is 31.7 Å². The number of rotatable bonds is 9. The van der Waals surface area contributed by atoms with Crippen LogP contribution in [0.2, 0.25) is 0 Å². The number of carbonyl (C=O) groups is 2. The first-order valence-corrected chi connectivity index (χ1v) is 11.1. The molecule has 3 atom stereocenters. The summed E-state index contributed by atoms with van der Waals surface area (Å²) in [4.78, 5) is 30.2. The third-order valence-electron chi connectivity index (χ3n) is 4.13. The van der Waals surface area contributed by atoms with Crippen molar-refractivity contribution >= 4 is 81.2 Å². The van der Waals surface area contributed by atoms with E-state index in [1.165, 1.54) is 16.2 Å². The lowest BCUT2D eigenvalue weighted by atomic mass is 10.00. The van der Waals surface area contributed by atoms with Crippen molar-refractivity contribution in [3.63, 3.8) is 0 Å². The lowest BCUT2D eigenvalue weighted by Gasteiger charge is -2.31. The maximum Gasteiger partial charge on any atom is 0.243 e. The fourth-order valence-electron chi connectivity index (χ4n) is 2.21. The molecule has 0 aromatic carbocycles. The van der Waals surface area contributed by atoms with Crippen LogP contribution in [-0.4, -0.2) is 43.4 Å². The van der Waals surface area contributed by atoms with Gasteiger partial charge >= 0.3 is 0 Å². The van der Waals surface area contributed by atoms with Gasteiger partial charge in [-0.3, -0.25) is 9.59 Å². The molecule has 11 heteroatoms. The monoisotopic (exact) mass is 495 g/mol. The van der Waals surface area contributed by atoms with Crippen molar-refractivity contribution in [3.8, 4) is 0 Å². The van der Waals surface area contributed by atoms with E-state index in [2.05, 4.69) is 10.3 Å². The Hall–Kier alpha value is 0.0200. The van der Waals surface area contributed by atoms with Gasteiger partial charge in [0.15, 0.2) is 3.79 Å². The Kier molecular flexibility index (Phi) is 10.5. The van der Waals surface area contributed by atoms with E-state index < -0.39 is 20.6 Å². The number of nitrogens with one attached hydrogen (secondary N) is 1.